The molecule has 0 fully saturated rings. The van der Waals surface area contributed by atoms with Gasteiger partial charge < -0.3 is 14.3 Å². The summed E-state index contributed by atoms with van der Waals surface area (Å²) in [6.45, 7) is 4.71. The molecule has 170 valence electrons. The van der Waals surface area contributed by atoms with E-state index < -0.39 is 0 Å². The molecule has 5 heteroatoms. The largest absolute Gasteiger partial charge is 0.465 e. The van der Waals surface area contributed by atoms with Crippen molar-refractivity contribution in [3.63, 3.8) is 0 Å². The van der Waals surface area contributed by atoms with Crippen LogP contribution in [0.4, 0.5) is 0 Å². The van der Waals surface area contributed by atoms with Crippen molar-refractivity contribution in [3.05, 3.63) is 106 Å². The molecule has 0 spiro atoms. The van der Waals surface area contributed by atoms with Gasteiger partial charge in [0.15, 0.2) is 0 Å². The number of H-pyrrole nitrogens is 1. The number of carbonyl (C=O) groups excluding carboxylic acids is 1. The Hall–Kier alpha value is -3.76. The first kappa shape index (κ1) is 22.1. The lowest BCUT2D eigenvalue weighted by Gasteiger charge is -2.11. The Morgan fingerprint density at radius 1 is 0.912 bits per heavy atom. The fraction of sp³-hybridized carbons (Fsp3) is 0.138. The zero-order valence-corrected chi connectivity index (χ0v) is 20.1. The Morgan fingerprint density at radius 2 is 1.59 bits per heavy atom. The summed E-state index contributed by atoms with van der Waals surface area (Å²) >= 11 is 6.44. The van der Waals surface area contributed by atoms with Gasteiger partial charge in [0, 0.05) is 45.0 Å². The maximum absolute atomic E-state index is 13.1. The predicted octanol–water partition coefficient (Wildman–Crippen LogP) is 7.41. The maximum Gasteiger partial charge on any atom is 0.340 e. The van der Waals surface area contributed by atoms with E-state index in [1.54, 1.807) is 0 Å². The molecule has 2 aromatic heterocycles. The van der Waals surface area contributed by atoms with Crippen molar-refractivity contribution in [1.29, 1.82) is 0 Å². The number of ether oxygens (including phenoxy) is 1. The molecule has 2 heterocycles. The SMILES string of the molecule is COC(=O)c1c(-c2c(-c3ccccc3)[nH]c3ccc(Cl)cc23)c(C)n(Cc2ccccc2)c1C. The van der Waals surface area contributed by atoms with Gasteiger partial charge in [0.25, 0.3) is 0 Å². The van der Waals surface area contributed by atoms with E-state index in [0.29, 0.717) is 17.1 Å². The zero-order chi connectivity index (χ0) is 23.8. The zero-order valence-electron chi connectivity index (χ0n) is 19.4. The molecule has 0 atom stereocenters. The molecule has 1 N–H and O–H groups in total. The summed E-state index contributed by atoms with van der Waals surface area (Å²) < 4.78 is 7.46. The van der Waals surface area contributed by atoms with E-state index in [9.17, 15) is 4.79 Å². The summed E-state index contributed by atoms with van der Waals surface area (Å²) in [4.78, 5) is 16.7. The molecular formula is C29H25ClN2O2. The van der Waals surface area contributed by atoms with Crippen molar-refractivity contribution in [2.75, 3.05) is 7.11 Å². The van der Waals surface area contributed by atoms with Crippen LogP contribution in [0.25, 0.3) is 33.3 Å². The van der Waals surface area contributed by atoms with Crippen LogP contribution in [0.5, 0.6) is 0 Å². The van der Waals surface area contributed by atoms with Gasteiger partial charge in [-0.3, -0.25) is 0 Å². The monoisotopic (exact) mass is 468 g/mol. The number of aromatic amines is 1. The number of benzene rings is 3. The molecule has 0 bridgehead atoms. The van der Waals surface area contributed by atoms with Crippen LogP contribution in [0.2, 0.25) is 5.02 Å². The van der Waals surface area contributed by atoms with Crippen molar-refractivity contribution in [2.24, 2.45) is 0 Å². The molecule has 3 aromatic carbocycles. The first-order valence-electron chi connectivity index (χ1n) is 11.2. The molecule has 0 amide bonds. The number of rotatable bonds is 5. The van der Waals surface area contributed by atoms with Crippen molar-refractivity contribution in [1.82, 2.24) is 9.55 Å². The van der Waals surface area contributed by atoms with Crippen LogP contribution >= 0.6 is 11.6 Å². The van der Waals surface area contributed by atoms with Crippen LogP contribution in [0.3, 0.4) is 0 Å². The molecule has 34 heavy (non-hydrogen) atoms. The molecule has 0 aliphatic rings. The highest BCUT2D eigenvalue weighted by Crippen LogP contribution is 2.44. The van der Waals surface area contributed by atoms with Crippen molar-refractivity contribution in [2.45, 2.75) is 20.4 Å². The molecule has 5 aromatic rings. The fourth-order valence-electron chi connectivity index (χ4n) is 4.79. The number of halogens is 1. The highest BCUT2D eigenvalue weighted by Gasteiger charge is 2.29. The van der Waals surface area contributed by atoms with Crippen molar-refractivity contribution < 1.29 is 9.53 Å². The molecule has 0 radical (unpaired) electrons. The van der Waals surface area contributed by atoms with E-state index >= 15 is 0 Å². The topological polar surface area (TPSA) is 47.0 Å². The van der Waals surface area contributed by atoms with E-state index in [1.807, 2.05) is 61.5 Å². The second-order valence-corrected chi connectivity index (χ2v) is 8.85. The third-order valence-corrected chi connectivity index (χ3v) is 6.66. The normalized spacial score (nSPS) is 11.2. The highest BCUT2D eigenvalue weighted by atomic mass is 35.5. The Labute approximate surface area is 203 Å². The first-order valence-corrected chi connectivity index (χ1v) is 11.6. The average molecular weight is 469 g/mol. The molecule has 0 saturated heterocycles. The molecule has 4 nitrogen and oxygen atoms in total. The molecular weight excluding hydrogens is 444 g/mol. The third kappa shape index (κ3) is 3.70. The van der Waals surface area contributed by atoms with E-state index in [-0.39, 0.29) is 5.97 Å². The van der Waals surface area contributed by atoms with Gasteiger partial charge in [-0.2, -0.15) is 0 Å². The number of fused-ring (bicyclic) bond motifs is 1. The number of esters is 1. The van der Waals surface area contributed by atoms with Gasteiger partial charge in [0.05, 0.1) is 18.4 Å². The molecule has 5 rings (SSSR count). The molecule has 0 aliphatic heterocycles. The van der Waals surface area contributed by atoms with Crippen molar-refractivity contribution >= 4 is 28.5 Å². The number of methoxy groups -OCH3 is 1. The van der Waals surface area contributed by atoms with Crippen molar-refractivity contribution in [3.8, 4) is 22.4 Å². The van der Waals surface area contributed by atoms with E-state index in [0.717, 1.165) is 50.2 Å². The third-order valence-electron chi connectivity index (χ3n) is 6.43. The van der Waals surface area contributed by atoms with Crippen LogP contribution < -0.4 is 0 Å². The summed E-state index contributed by atoms with van der Waals surface area (Å²) in [6.07, 6.45) is 0. The Balaban J connectivity index is 1.85. The minimum Gasteiger partial charge on any atom is -0.465 e. The quantitative estimate of drug-likeness (QED) is 0.273. The van der Waals surface area contributed by atoms with Crippen LogP contribution in [0.1, 0.15) is 27.3 Å². The number of aromatic nitrogens is 2. The summed E-state index contributed by atoms with van der Waals surface area (Å²) in [5.41, 5.74) is 8.38. The lowest BCUT2D eigenvalue weighted by atomic mass is 9.95. The number of nitrogens with zero attached hydrogens (tertiary/aromatic N) is 1. The lowest BCUT2D eigenvalue weighted by Crippen LogP contribution is -2.07. The van der Waals surface area contributed by atoms with Crippen LogP contribution in [0.15, 0.2) is 78.9 Å². The number of nitrogens with one attached hydrogen (secondary N) is 1. The standard InChI is InChI=1S/C29H25ClN2O2/c1-18-25(26(29(33)34-3)19(2)32(18)17-20-10-6-4-7-11-20)27-23-16-22(30)14-15-24(23)31-28(27)21-12-8-5-9-13-21/h4-16,31H,17H2,1-3H3. The predicted molar refractivity (Wildman–Crippen MR) is 139 cm³/mol. The fourth-order valence-corrected chi connectivity index (χ4v) is 4.96. The highest BCUT2D eigenvalue weighted by molar-refractivity contribution is 6.31. The summed E-state index contributed by atoms with van der Waals surface area (Å²) in [5, 5.41) is 1.61. The van der Waals surface area contributed by atoms with E-state index in [4.69, 9.17) is 16.3 Å². The molecule has 0 unspecified atom stereocenters. The second-order valence-electron chi connectivity index (χ2n) is 8.42. The number of hydrogen-bond acceptors (Lipinski definition) is 2. The van der Waals surface area contributed by atoms with E-state index in [1.165, 1.54) is 7.11 Å². The van der Waals surface area contributed by atoms with Crippen LogP contribution in [-0.2, 0) is 11.3 Å². The summed E-state index contributed by atoms with van der Waals surface area (Å²) in [7, 11) is 1.43. The van der Waals surface area contributed by atoms with Gasteiger partial charge in [-0.05, 0) is 43.2 Å². The van der Waals surface area contributed by atoms with Gasteiger partial charge >= 0.3 is 5.97 Å². The lowest BCUT2D eigenvalue weighted by molar-refractivity contribution is 0.0600. The smallest absolute Gasteiger partial charge is 0.340 e. The minimum atomic E-state index is -0.349. The average Bonchev–Trinajstić information content (AvgIpc) is 3.34. The minimum absolute atomic E-state index is 0.349. The Bertz CT molecular complexity index is 1500. The maximum atomic E-state index is 13.1. The van der Waals surface area contributed by atoms with Gasteiger partial charge in [0.2, 0.25) is 0 Å². The molecule has 0 aliphatic carbocycles. The van der Waals surface area contributed by atoms with E-state index in [2.05, 4.69) is 40.7 Å². The van der Waals surface area contributed by atoms with Gasteiger partial charge in [-0.1, -0.05) is 72.3 Å². The second kappa shape index (κ2) is 8.88. The molecule has 0 saturated carbocycles. The van der Waals surface area contributed by atoms with Gasteiger partial charge in [0.1, 0.15) is 0 Å². The Kier molecular flexibility index (Phi) is 5.76. The van der Waals surface area contributed by atoms with Crippen LogP contribution in [-0.4, -0.2) is 22.6 Å². The number of hydrogen-bond donors (Lipinski definition) is 1. The Morgan fingerprint density at radius 3 is 2.26 bits per heavy atom. The first-order chi connectivity index (χ1) is 16.5. The van der Waals surface area contributed by atoms with Crippen LogP contribution in [0, 0.1) is 13.8 Å². The van der Waals surface area contributed by atoms with Gasteiger partial charge in [-0.25, -0.2) is 4.79 Å². The van der Waals surface area contributed by atoms with Gasteiger partial charge in [-0.15, -0.1) is 0 Å². The summed E-state index contributed by atoms with van der Waals surface area (Å²) in [5.74, 6) is -0.349. The number of carbonyl (C=O) groups is 1. The summed E-state index contributed by atoms with van der Waals surface area (Å²) in [6, 6.07) is 26.2.